The minimum absolute atomic E-state index is 0.00659. The van der Waals surface area contributed by atoms with Crippen LogP contribution in [-0.2, 0) is 11.3 Å². The lowest BCUT2D eigenvalue weighted by Gasteiger charge is -2.27. The molecule has 5 rings (SSSR count). The van der Waals surface area contributed by atoms with Crippen LogP contribution in [0.3, 0.4) is 0 Å². The van der Waals surface area contributed by atoms with Crippen LogP contribution in [0.25, 0.3) is 5.69 Å². The zero-order chi connectivity index (χ0) is 20.3. The molecule has 1 aromatic carbocycles. The van der Waals surface area contributed by atoms with E-state index in [2.05, 4.69) is 10.2 Å². The summed E-state index contributed by atoms with van der Waals surface area (Å²) in [5.74, 6) is 2.17. The van der Waals surface area contributed by atoms with E-state index in [0.29, 0.717) is 25.0 Å². The zero-order valence-electron chi connectivity index (χ0n) is 17.2. The maximum absolute atomic E-state index is 13.1. The lowest BCUT2D eigenvalue weighted by molar-refractivity contribution is -0.118. The molecule has 0 radical (unpaired) electrons. The molecule has 2 heterocycles. The van der Waals surface area contributed by atoms with E-state index in [0.717, 1.165) is 35.8 Å². The number of carbonyl (C=O) groups excluding carboxylic acids is 1. The van der Waals surface area contributed by atoms with Gasteiger partial charge in [0.1, 0.15) is 11.6 Å². The van der Waals surface area contributed by atoms with E-state index < -0.39 is 0 Å². The van der Waals surface area contributed by atoms with Crippen LogP contribution in [0.15, 0.2) is 59.2 Å². The maximum Gasteiger partial charge on any atom is 0.239 e. The van der Waals surface area contributed by atoms with Gasteiger partial charge in [-0.3, -0.25) is 9.69 Å². The van der Waals surface area contributed by atoms with Crippen LogP contribution in [0.2, 0.25) is 0 Å². The highest BCUT2D eigenvalue weighted by molar-refractivity contribution is 5.91. The average Bonchev–Trinajstić information content (AvgIpc) is 3.16. The van der Waals surface area contributed by atoms with Crippen LogP contribution in [0.4, 0.5) is 5.82 Å². The number of furan rings is 1. The first-order valence-corrected chi connectivity index (χ1v) is 11.0. The van der Waals surface area contributed by atoms with Gasteiger partial charge in [0, 0.05) is 18.0 Å². The molecule has 0 atom stereocenters. The molecular weight excluding hydrogens is 376 g/mol. The van der Waals surface area contributed by atoms with Crippen molar-refractivity contribution in [3.8, 4) is 5.69 Å². The second-order valence-corrected chi connectivity index (χ2v) is 8.45. The highest BCUT2D eigenvalue weighted by Gasteiger charge is 2.29. The Labute approximate surface area is 176 Å². The van der Waals surface area contributed by atoms with Crippen molar-refractivity contribution < 1.29 is 9.21 Å². The average molecular weight is 405 g/mol. The van der Waals surface area contributed by atoms with Gasteiger partial charge >= 0.3 is 0 Å². The Hall–Kier alpha value is -2.86. The zero-order valence-corrected chi connectivity index (χ0v) is 17.2. The third-order valence-electron chi connectivity index (χ3n) is 6.12. The monoisotopic (exact) mass is 404 g/mol. The first-order chi connectivity index (χ1) is 14.8. The van der Waals surface area contributed by atoms with Gasteiger partial charge in [-0.2, -0.15) is 5.10 Å². The predicted molar refractivity (Wildman–Crippen MR) is 116 cm³/mol. The molecule has 2 aliphatic carbocycles. The minimum atomic E-state index is -0.00659. The van der Waals surface area contributed by atoms with Gasteiger partial charge in [0.25, 0.3) is 0 Å². The lowest BCUT2D eigenvalue weighted by Crippen LogP contribution is -2.39. The van der Waals surface area contributed by atoms with Crippen LogP contribution in [0.1, 0.15) is 55.9 Å². The fourth-order valence-corrected chi connectivity index (χ4v) is 4.39. The van der Waals surface area contributed by atoms with Gasteiger partial charge in [0.2, 0.25) is 5.91 Å². The number of aromatic nitrogens is 2. The van der Waals surface area contributed by atoms with Gasteiger partial charge in [-0.05, 0) is 49.9 Å². The quantitative estimate of drug-likeness (QED) is 0.590. The number of para-hydroxylation sites is 1. The topological polar surface area (TPSA) is 63.3 Å². The molecule has 2 saturated carbocycles. The first kappa shape index (κ1) is 19.1. The number of nitrogens with zero attached hydrogens (tertiary/aromatic N) is 3. The molecule has 6 heteroatoms. The molecular formula is C24H28N4O2. The number of benzene rings is 1. The van der Waals surface area contributed by atoms with E-state index in [4.69, 9.17) is 9.52 Å². The normalized spacial score (nSPS) is 17.0. The summed E-state index contributed by atoms with van der Waals surface area (Å²) in [6.07, 6.45) is 8.79. The number of rotatable bonds is 8. The highest BCUT2D eigenvalue weighted by Crippen LogP contribution is 2.40. The van der Waals surface area contributed by atoms with Crippen molar-refractivity contribution in [3.05, 3.63) is 66.2 Å². The standard InChI is InChI=1S/C24H28N4O2/c29-24(17-27(19-7-4-5-8-19)16-21-11-6-14-30-21)25-23-15-22(18-12-13-18)26-28(23)20-9-2-1-3-10-20/h1-3,6,9-11,14-15,18-19H,4-5,7-8,12-13,16-17H2,(H,25,29). The largest absolute Gasteiger partial charge is 0.468 e. The Morgan fingerprint density at radius 2 is 1.90 bits per heavy atom. The molecule has 2 aromatic heterocycles. The Morgan fingerprint density at radius 1 is 1.10 bits per heavy atom. The predicted octanol–water partition coefficient (Wildman–Crippen LogP) is 4.73. The second-order valence-electron chi connectivity index (χ2n) is 8.45. The maximum atomic E-state index is 13.1. The molecule has 156 valence electrons. The number of anilines is 1. The molecule has 2 fully saturated rings. The fraction of sp³-hybridized carbons (Fsp3) is 0.417. The molecule has 3 aromatic rings. The van der Waals surface area contributed by atoms with Crippen molar-refractivity contribution in [2.75, 3.05) is 11.9 Å². The molecule has 0 unspecified atom stereocenters. The molecule has 1 N–H and O–H groups in total. The number of nitrogens with one attached hydrogen (secondary N) is 1. The number of carbonyl (C=O) groups is 1. The van der Waals surface area contributed by atoms with E-state index >= 15 is 0 Å². The van der Waals surface area contributed by atoms with Crippen molar-refractivity contribution in [2.45, 2.75) is 57.0 Å². The summed E-state index contributed by atoms with van der Waals surface area (Å²) in [6, 6.07) is 16.3. The second kappa shape index (κ2) is 8.48. The van der Waals surface area contributed by atoms with Gasteiger partial charge in [-0.1, -0.05) is 31.0 Å². The molecule has 0 aliphatic heterocycles. The molecule has 2 aliphatic rings. The lowest BCUT2D eigenvalue weighted by atomic mass is 10.2. The third kappa shape index (κ3) is 4.33. The fourth-order valence-electron chi connectivity index (χ4n) is 4.39. The minimum Gasteiger partial charge on any atom is -0.468 e. The van der Waals surface area contributed by atoms with Gasteiger partial charge in [-0.15, -0.1) is 0 Å². The van der Waals surface area contributed by atoms with Gasteiger partial charge in [0.15, 0.2) is 0 Å². The molecule has 6 nitrogen and oxygen atoms in total. The van der Waals surface area contributed by atoms with Crippen LogP contribution >= 0.6 is 0 Å². The van der Waals surface area contributed by atoms with Crippen LogP contribution in [0.5, 0.6) is 0 Å². The van der Waals surface area contributed by atoms with Gasteiger partial charge in [0.05, 0.1) is 30.7 Å². The van der Waals surface area contributed by atoms with E-state index in [1.807, 2.05) is 53.2 Å². The van der Waals surface area contributed by atoms with Crippen molar-refractivity contribution in [1.29, 1.82) is 0 Å². The molecule has 30 heavy (non-hydrogen) atoms. The molecule has 1 amide bonds. The Balaban J connectivity index is 1.33. The van der Waals surface area contributed by atoms with Crippen LogP contribution < -0.4 is 5.32 Å². The van der Waals surface area contributed by atoms with Crippen LogP contribution in [-0.4, -0.2) is 33.2 Å². The van der Waals surface area contributed by atoms with Gasteiger partial charge in [-0.25, -0.2) is 4.68 Å². The molecule has 0 saturated heterocycles. The van der Waals surface area contributed by atoms with E-state index in [9.17, 15) is 4.79 Å². The Kier molecular flexibility index (Phi) is 5.41. The highest BCUT2D eigenvalue weighted by atomic mass is 16.3. The van der Waals surface area contributed by atoms with E-state index in [-0.39, 0.29) is 5.91 Å². The van der Waals surface area contributed by atoms with Crippen molar-refractivity contribution in [1.82, 2.24) is 14.7 Å². The van der Waals surface area contributed by atoms with Crippen molar-refractivity contribution >= 4 is 11.7 Å². The summed E-state index contributed by atoms with van der Waals surface area (Å²) in [6.45, 7) is 1.01. The third-order valence-corrected chi connectivity index (χ3v) is 6.12. The van der Waals surface area contributed by atoms with E-state index in [1.54, 1.807) is 6.26 Å². The molecule has 0 spiro atoms. The van der Waals surface area contributed by atoms with Crippen LogP contribution in [0, 0.1) is 0 Å². The summed E-state index contributed by atoms with van der Waals surface area (Å²) >= 11 is 0. The number of hydrogen-bond donors (Lipinski definition) is 1. The Bertz CT molecular complexity index is 970. The van der Waals surface area contributed by atoms with Crippen molar-refractivity contribution in [3.63, 3.8) is 0 Å². The number of hydrogen-bond acceptors (Lipinski definition) is 4. The van der Waals surface area contributed by atoms with Crippen molar-refractivity contribution in [2.24, 2.45) is 0 Å². The first-order valence-electron chi connectivity index (χ1n) is 11.0. The summed E-state index contributed by atoms with van der Waals surface area (Å²) in [7, 11) is 0. The summed E-state index contributed by atoms with van der Waals surface area (Å²) < 4.78 is 7.41. The summed E-state index contributed by atoms with van der Waals surface area (Å²) in [5, 5.41) is 7.92. The molecule has 0 bridgehead atoms. The SMILES string of the molecule is O=C(CN(Cc1ccco1)C1CCCC1)Nc1cc(C2CC2)nn1-c1ccccc1. The summed E-state index contributed by atoms with van der Waals surface area (Å²) in [4.78, 5) is 15.3. The number of amides is 1. The van der Waals surface area contributed by atoms with E-state index in [1.165, 1.54) is 25.7 Å². The summed E-state index contributed by atoms with van der Waals surface area (Å²) in [5.41, 5.74) is 2.03. The van der Waals surface area contributed by atoms with Gasteiger partial charge < -0.3 is 9.73 Å². The Morgan fingerprint density at radius 3 is 2.60 bits per heavy atom. The smallest absolute Gasteiger partial charge is 0.239 e.